The van der Waals surface area contributed by atoms with Crippen molar-refractivity contribution < 1.29 is 0 Å². The van der Waals surface area contributed by atoms with Gasteiger partial charge in [0.25, 0.3) is 0 Å². The zero-order valence-corrected chi connectivity index (χ0v) is 13.7. The summed E-state index contributed by atoms with van der Waals surface area (Å²) in [6.45, 7) is 11.2. The van der Waals surface area contributed by atoms with Crippen LogP contribution in [0.15, 0.2) is 34.9 Å². The third-order valence-corrected chi connectivity index (χ3v) is 4.25. The molecule has 1 rings (SSSR count). The van der Waals surface area contributed by atoms with Gasteiger partial charge in [0.2, 0.25) is 0 Å². The Kier molecular flexibility index (Phi) is 6.62. The monoisotopic (exact) mass is 260 g/mol. The summed E-state index contributed by atoms with van der Waals surface area (Å²) in [5.41, 5.74) is 5.14. The SMILES string of the molecule is CC(C)=CCCC1=CCC(C)(CCC=C(C)C)CC1. The molecule has 0 radical (unpaired) electrons. The predicted molar refractivity (Wildman–Crippen MR) is 87.4 cm³/mol. The molecule has 1 unspecified atom stereocenters. The van der Waals surface area contributed by atoms with Gasteiger partial charge in [-0.2, -0.15) is 0 Å². The summed E-state index contributed by atoms with van der Waals surface area (Å²) in [5.74, 6) is 0. The zero-order chi connectivity index (χ0) is 14.3. The molecule has 19 heavy (non-hydrogen) atoms. The fourth-order valence-corrected chi connectivity index (χ4v) is 2.77. The first-order valence-corrected chi connectivity index (χ1v) is 7.86. The lowest BCUT2D eigenvalue weighted by molar-refractivity contribution is 0.264. The van der Waals surface area contributed by atoms with Crippen LogP contribution in [0, 0.1) is 5.41 Å². The van der Waals surface area contributed by atoms with Crippen LogP contribution in [0.4, 0.5) is 0 Å². The molecular weight excluding hydrogens is 228 g/mol. The third kappa shape index (κ3) is 6.80. The largest absolute Gasteiger partial charge is 0.0859 e. The third-order valence-electron chi connectivity index (χ3n) is 4.25. The van der Waals surface area contributed by atoms with Gasteiger partial charge in [0.15, 0.2) is 0 Å². The molecule has 0 aromatic heterocycles. The average molecular weight is 260 g/mol. The van der Waals surface area contributed by atoms with Gasteiger partial charge in [-0.05, 0) is 78.1 Å². The van der Waals surface area contributed by atoms with Gasteiger partial charge in [0.05, 0.1) is 0 Å². The molecule has 1 aliphatic carbocycles. The molecule has 0 spiro atoms. The number of rotatable bonds is 6. The molecule has 0 aromatic carbocycles. The molecule has 0 fully saturated rings. The average Bonchev–Trinajstić information content (AvgIpc) is 2.31. The second-order valence-electron chi connectivity index (χ2n) is 7.02. The molecule has 1 aliphatic rings. The van der Waals surface area contributed by atoms with Crippen molar-refractivity contribution in [2.24, 2.45) is 5.41 Å². The summed E-state index contributed by atoms with van der Waals surface area (Å²) >= 11 is 0. The molecule has 0 saturated carbocycles. The lowest BCUT2D eigenvalue weighted by Gasteiger charge is -2.33. The first kappa shape index (κ1) is 16.3. The van der Waals surface area contributed by atoms with Gasteiger partial charge in [-0.1, -0.05) is 41.9 Å². The lowest BCUT2D eigenvalue weighted by atomic mass is 9.73. The van der Waals surface area contributed by atoms with E-state index in [2.05, 4.69) is 52.8 Å². The first-order valence-electron chi connectivity index (χ1n) is 7.86. The number of allylic oxidation sites excluding steroid dienone is 6. The van der Waals surface area contributed by atoms with E-state index in [0.717, 1.165) is 0 Å². The van der Waals surface area contributed by atoms with E-state index in [9.17, 15) is 0 Å². The van der Waals surface area contributed by atoms with E-state index < -0.39 is 0 Å². The molecule has 108 valence electrons. The Hall–Kier alpha value is -0.780. The molecule has 1 atom stereocenters. The standard InChI is InChI=1S/C19H32/c1-16(2)8-6-10-18-11-14-19(5,15-12-18)13-7-9-17(3)4/h8-9,11H,6-7,10,12-15H2,1-5H3. The van der Waals surface area contributed by atoms with Crippen LogP contribution in [0.1, 0.15) is 79.6 Å². The van der Waals surface area contributed by atoms with Crippen LogP contribution in [0.3, 0.4) is 0 Å². The normalized spacial score (nSPS) is 22.7. The molecule has 0 heterocycles. The minimum atomic E-state index is 0.548. The molecule has 0 amide bonds. The Labute approximate surface area is 120 Å². The predicted octanol–water partition coefficient (Wildman–Crippen LogP) is 6.60. The number of hydrogen-bond acceptors (Lipinski definition) is 0. The quantitative estimate of drug-likeness (QED) is 0.472. The van der Waals surface area contributed by atoms with Crippen LogP contribution < -0.4 is 0 Å². The van der Waals surface area contributed by atoms with Crippen LogP contribution in [-0.4, -0.2) is 0 Å². The summed E-state index contributed by atoms with van der Waals surface area (Å²) < 4.78 is 0. The second kappa shape index (κ2) is 7.72. The summed E-state index contributed by atoms with van der Waals surface area (Å²) in [6.07, 6.45) is 16.4. The van der Waals surface area contributed by atoms with Gasteiger partial charge in [-0.3, -0.25) is 0 Å². The Morgan fingerprint density at radius 1 is 1.11 bits per heavy atom. The van der Waals surface area contributed by atoms with Gasteiger partial charge in [0, 0.05) is 0 Å². The van der Waals surface area contributed by atoms with Gasteiger partial charge >= 0.3 is 0 Å². The van der Waals surface area contributed by atoms with Crippen molar-refractivity contribution in [3.05, 3.63) is 34.9 Å². The van der Waals surface area contributed by atoms with E-state index in [0.29, 0.717) is 5.41 Å². The molecule has 0 nitrogen and oxygen atoms in total. The van der Waals surface area contributed by atoms with Crippen molar-refractivity contribution in [2.45, 2.75) is 79.6 Å². The van der Waals surface area contributed by atoms with Gasteiger partial charge in [-0.15, -0.1) is 0 Å². The summed E-state index contributed by atoms with van der Waals surface area (Å²) in [4.78, 5) is 0. The van der Waals surface area contributed by atoms with Crippen LogP contribution in [0.25, 0.3) is 0 Å². The summed E-state index contributed by atoms with van der Waals surface area (Å²) in [6, 6.07) is 0. The second-order valence-corrected chi connectivity index (χ2v) is 7.02. The highest BCUT2D eigenvalue weighted by atomic mass is 14.3. The van der Waals surface area contributed by atoms with Crippen LogP contribution in [-0.2, 0) is 0 Å². The topological polar surface area (TPSA) is 0 Å². The minimum Gasteiger partial charge on any atom is -0.0859 e. The highest BCUT2D eigenvalue weighted by Gasteiger charge is 2.25. The smallest absolute Gasteiger partial charge is 0.0285 e. The Bertz CT molecular complexity index is 359. The highest BCUT2D eigenvalue weighted by molar-refractivity contribution is 5.11. The molecule has 0 heteroatoms. The van der Waals surface area contributed by atoms with Crippen molar-refractivity contribution in [2.75, 3.05) is 0 Å². The maximum Gasteiger partial charge on any atom is -0.0285 e. The van der Waals surface area contributed by atoms with Crippen LogP contribution in [0.2, 0.25) is 0 Å². The first-order chi connectivity index (χ1) is 8.91. The van der Waals surface area contributed by atoms with E-state index in [4.69, 9.17) is 0 Å². The summed E-state index contributed by atoms with van der Waals surface area (Å²) in [5, 5.41) is 0. The molecular formula is C19H32. The molecule has 0 saturated heterocycles. The maximum atomic E-state index is 2.53. The van der Waals surface area contributed by atoms with E-state index in [1.807, 2.05) is 0 Å². The van der Waals surface area contributed by atoms with Crippen LogP contribution in [0.5, 0.6) is 0 Å². The van der Waals surface area contributed by atoms with Crippen molar-refractivity contribution in [3.63, 3.8) is 0 Å². The summed E-state index contributed by atoms with van der Waals surface area (Å²) in [7, 11) is 0. The van der Waals surface area contributed by atoms with Crippen molar-refractivity contribution in [1.29, 1.82) is 0 Å². The molecule has 0 aliphatic heterocycles. The number of hydrogen-bond donors (Lipinski definition) is 0. The Balaban J connectivity index is 2.38. The van der Waals surface area contributed by atoms with E-state index >= 15 is 0 Å². The van der Waals surface area contributed by atoms with Gasteiger partial charge < -0.3 is 0 Å². The molecule has 0 bridgehead atoms. The van der Waals surface area contributed by atoms with E-state index in [1.54, 1.807) is 5.57 Å². The van der Waals surface area contributed by atoms with Crippen molar-refractivity contribution >= 4 is 0 Å². The van der Waals surface area contributed by atoms with Crippen LogP contribution >= 0.6 is 0 Å². The lowest BCUT2D eigenvalue weighted by Crippen LogP contribution is -2.19. The molecule has 0 aromatic rings. The van der Waals surface area contributed by atoms with E-state index in [-0.39, 0.29) is 0 Å². The van der Waals surface area contributed by atoms with E-state index in [1.165, 1.54) is 56.1 Å². The minimum absolute atomic E-state index is 0.548. The molecule has 0 N–H and O–H groups in total. The van der Waals surface area contributed by atoms with Crippen molar-refractivity contribution in [3.8, 4) is 0 Å². The maximum absolute atomic E-state index is 2.53. The Morgan fingerprint density at radius 3 is 2.26 bits per heavy atom. The van der Waals surface area contributed by atoms with Gasteiger partial charge in [-0.25, -0.2) is 0 Å². The van der Waals surface area contributed by atoms with Gasteiger partial charge in [0.1, 0.15) is 0 Å². The fraction of sp³-hybridized carbons (Fsp3) is 0.684. The van der Waals surface area contributed by atoms with Crippen molar-refractivity contribution in [1.82, 2.24) is 0 Å². The fourth-order valence-electron chi connectivity index (χ4n) is 2.77. The highest BCUT2D eigenvalue weighted by Crippen LogP contribution is 2.40. The zero-order valence-electron chi connectivity index (χ0n) is 13.7. The Morgan fingerprint density at radius 2 is 1.74 bits per heavy atom.